The molecule has 7 heteroatoms. The highest BCUT2D eigenvalue weighted by Crippen LogP contribution is 2.34. The zero-order valence-corrected chi connectivity index (χ0v) is 13.7. The fraction of sp³-hybridized carbons (Fsp3) is 0.385. The third kappa shape index (κ3) is 3.42. The second kappa shape index (κ2) is 7.24. The van der Waals surface area contributed by atoms with Gasteiger partial charge in [-0.1, -0.05) is 12.1 Å². The Labute approximate surface area is 137 Å². The Hall–Kier alpha value is -0.860. The van der Waals surface area contributed by atoms with E-state index in [2.05, 4.69) is 28.3 Å². The van der Waals surface area contributed by atoms with Crippen LogP contribution >= 0.6 is 22.6 Å². The topological polar surface area (TPSA) is 85.3 Å². The highest BCUT2D eigenvalue weighted by molar-refractivity contribution is 14.1. The number of benzene rings is 1. The number of halogens is 2. The molecular formula is C13H16ClIN2O3. The lowest BCUT2D eigenvalue weighted by Gasteiger charge is -2.36. The number of carbonyl (C=O) groups excluding carboxylic acids is 1. The van der Waals surface area contributed by atoms with Crippen molar-refractivity contribution in [1.82, 2.24) is 4.90 Å². The summed E-state index contributed by atoms with van der Waals surface area (Å²) >= 11 is 2.26. The van der Waals surface area contributed by atoms with Crippen LogP contribution in [0.4, 0.5) is 0 Å². The number of carbonyl (C=O) groups is 2. The normalized spacial score (nSPS) is 17.1. The first kappa shape index (κ1) is 17.2. The molecule has 0 aliphatic carbocycles. The number of hydrogen-bond donors (Lipinski definition) is 2. The van der Waals surface area contributed by atoms with Gasteiger partial charge in [0.15, 0.2) is 6.54 Å². The summed E-state index contributed by atoms with van der Waals surface area (Å²) in [6, 6.07) is 5.47. The second-order valence-corrected chi connectivity index (χ2v) is 5.67. The van der Waals surface area contributed by atoms with Gasteiger partial charge in [0.2, 0.25) is 0 Å². The molecule has 1 aromatic carbocycles. The Kier molecular flexibility index (Phi) is 6.22. The third-order valence-corrected chi connectivity index (χ3v) is 4.41. The standard InChI is InChI=1S/C13H15IN2O3.ClH/c14-10-3-1-2-9-8(10)4-5-16(12(17)7-15)11(9)6-13(18)19;/h1-3,11H,4-7,15H2,(H,18,19);1H. The van der Waals surface area contributed by atoms with Gasteiger partial charge in [-0.2, -0.15) is 0 Å². The molecule has 1 heterocycles. The van der Waals surface area contributed by atoms with Gasteiger partial charge in [0.25, 0.3) is 5.91 Å². The first-order valence-corrected chi connectivity index (χ1v) is 7.20. The van der Waals surface area contributed by atoms with E-state index in [-0.39, 0.29) is 37.3 Å². The molecule has 1 aliphatic heterocycles. The van der Waals surface area contributed by atoms with Crippen molar-refractivity contribution in [2.45, 2.75) is 18.9 Å². The Morgan fingerprint density at radius 1 is 1.45 bits per heavy atom. The SMILES string of the molecule is [Cl-].[NH3+]CC(=O)N1CCc2c(I)cccc2C1CC(=O)O. The van der Waals surface area contributed by atoms with Crippen LogP contribution in [-0.4, -0.2) is 35.0 Å². The van der Waals surface area contributed by atoms with Gasteiger partial charge >= 0.3 is 5.97 Å². The van der Waals surface area contributed by atoms with Crippen LogP contribution in [-0.2, 0) is 16.0 Å². The summed E-state index contributed by atoms with van der Waals surface area (Å²) in [5, 5.41) is 9.08. The van der Waals surface area contributed by atoms with Crippen molar-refractivity contribution in [2.24, 2.45) is 0 Å². The van der Waals surface area contributed by atoms with Crippen LogP contribution in [0.1, 0.15) is 23.6 Å². The van der Waals surface area contributed by atoms with E-state index in [1.165, 1.54) is 5.56 Å². The predicted molar refractivity (Wildman–Crippen MR) is 77.3 cm³/mol. The molecule has 0 fully saturated rings. The molecule has 0 spiro atoms. The largest absolute Gasteiger partial charge is 1.00 e. The monoisotopic (exact) mass is 410 g/mol. The van der Waals surface area contributed by atoms with Gasteiger partial charge in [-0.3, -0.25) is 9.59 Å². The molecule has 5 nitrogen and oxygen atoms in total. The molecule has 0 aromatic heterocycles. The Morgan fingerprint density at radius 2 is 2.15 bits per heavy atom. The Balaban J connectivity index is 0.00000200. The van der Waals surface area contributed by atoms with E-state index in [4.69, 9.17) is 5.11 Å². The average Bonchev–Trinajstić information content (AvgIpc) is 2.38. The molecule has 20 heavy (non-hydrogen) atoms. The molecule has 0 saturated heterocycles. The van der Waals surface area contributed by atoms with Crippen molar-refractivity contribution >= 4 is 34.5 Å². The minimum atomic E-state index is -0.890. The predicted octanol–water partition coefficient (Wildman–Crippen LogP) is -2.56. The van der Waals surface area contributed by atoms with E-state index < -0.39 is 5.97 Å². The number of nitrogens with zero attached hydrogens (tertiary/aromatic N) is 1. The minimum absolute atomic E-state index is 0. The zero-order chi connectivity index (χ0) is 14.0. The number of rotatable bonds is 3. The van der Waals surface area contributed by atoms with Gasteiger partial charge in [-0.15, -0.1) is 0 Å². The summed E-state index contributed by atoms with van der Waals surface area (Å²) in [4.78, 5) is 24.6. The van der Waals surface area contributed by atoms with E-state index >= 15 is 0 Å². The quantitative estimate of drug-likeness (QED) is 0.538. The van der Waals surface area contributed by atoms with Gasteiger partial charge in [-0.05, 0) is 46.2 Å². The first-order valence-electron chi connectivity index (χ1n) is 6.12. The van der Waals surface area contributed by atoms with E-state index in [1.54, 1.807) is 4.90 Å². The molecular weight excluding hydrogens is 395 g/mol. The molecule has 0 saturated carbocycles. The molecule has 0 bridgehead atoms. The molecule has 4 N–H and O–H groups in total. The summed E-state index contributed by atoms with van der Waals surface area (Å²) < 4.78 is 1.13. The lowest BCUT2D eigenvalue weighted by Crippen LogP contribution is -3.00. The molecule has 1 unspecified atom stereocenters. The van der Waals surface area contributed by atoms with Gasteiger partial charge in [-0.25, -0.2) is 0 Å². The van der Waals surface area contributed by atoms with Gasteiger partial charge in [0.05, 0.1) is 12.5 Å². The molecule has 1 amide bonds. The number of fused-ring (bicyclic) bond motifs is 1. The highest BCUT2D eigenvalue weighted by Gasteiger charge is 2.33. The molecule has 1 atom stereocenters. The van der Waals surface area contributed by atoms with E-state index in [9.17, 15) is 9.59 Å². The maximum atomic E-state index is 11.9. The average molecular weight is 411 g/mol. The lowest BCUT2D eigenvalue weighted by molar-refractivity contribution is -0.357. The van der Waals surface area contributed by atoms with Crippen molar-refractivity contribution in [3.8, 4) is 0 Å². The third-order valence-electron chi connectivity index (χ3n) is 3.40. The maximum absolute atomic E-state index is 11.9. The van der Waals surface area contributed by atoms with E-state index in [1.807, 2.05) is 18.2 Å². The number of aliphatic carboxylic acids is 1. The van der Waals surface area contributed by atoms with Crippen molar-refractivity contribution in [3.63, 3.8) is 0 Å². The summed E-state index contributed by atoms with van der Waals surface area (Å²) in [6.07, 6.45) is 0.717. The van der Waals surface area contributed by atoms with Crippen LogP contribution in [0.25, 0.3) is 0 Å². The summed E-state index contributed by atoms with van der Waals surface area (Å²) in [5.74, 6) is -0.977. The fourth-order valence-electron chi connectivity index (χ4n) is 2.53. The number of amides is 1. The van der Waals surface area contributed by atoms with Gasteiger partial charge in [0, 0.05) is 10.1 Å². The van der Waals surface area contributed by atoms with Crippen molar-refractivity contribution < 1.29 is 32.8 Å². The van der Waals surface area contributed by atoms with Crippen molar-refractivity contribution in [1.29, 1.82) is 0 Å². The summed E-state index contributed by atoms with van der Waals surface area (Å²) in [7, 11) is 0. The minimum Gasteiger partial charge on any atom is -1.00 e. The van der Waals surface area contributed by atoms with Crippen LogP contribution in [0, 0.1) is 3.57 Å². The highest BCUT2D eigenvalue weighted by atomic mass is 127. The number of carboxylic acids is 1. The van der Waals surface area contributed by atoms with Crippen molar-refractivity contribution in [3.05, 3.63) is 32.9 Å². The van der Waals surface area contributed by atoms with Crippen LogP contribution in [0.2, 0.25) is 0 Å². The second-order valence-electron chi connectivity index (χ2n) is 4.51. The van der Waals surface area contributed by atoms with Gasteiger partial charge < -0.3 is 28.1 Å². The Morgan fingerprint density at radius 3 is 2.75 bits per heavy atom. The van der Waals surface area contributed by atoms with Crippen molar-refractivity contribution in [2.75, 3.05) is 13.1 Å². The van der Waals surface area contributed by atoms with Gasteiger partial charge in [0.1, 0.15) is 0 Å². The van der Waals surface area contributed by atoms with E-state index in [0.29, 0.717) is 6.54 Å². The zero-order valence-electron chi connectivity index (χ0n) is 10.8. The smallest absolute Gasteiger partial charge is 0.305 e. The summed E-state index contributed by atoms with van der Waals surface area (Å²) in [6.45, 7) is 0.731. The maximum Gasteiger partial charge on any atom is 0.305 e. The number of quaternary nitrogens is 1. The molecule has 1 aliphatic rings. The molecule has 1 aromatic rings. The Bertz CT molecular complexity index is 524. The van der Waals surface area contributed by atoms with Crippen LogP contribution in [0.3, 0.4) is 0 Å². The molecule has 0 radical (unpaired) electrons. The molecule has 110 valence electrons. The van der Waals surface area contributed by atoms with Crippen LogP contribution < -0.4 is 18.1 Å². The number of hydrogen-bond acceptors (Lipinski definition) is 2. The fourth-order valence-corrected chi connectivity index (χ4v) is 3.32. The first-order chi connectivity index (χ1) is 9.04. The summed E-state index contributed by atoms with van der Waals surface area (Å²) in [5.41, 5.74) is 5.74. The number of carboxylic acid groups (broad SMARTS) is 1. The van der Waals surface area contributed by atoms with Crippen LogP contribution in [0.15, 0.2) is 18.2 Å². The molecule has 2 rings (SSSR count). The van der Waals surface area contributed by atoms with Crippen LogP contribution in [0.5, 0.6) is 0 Å². The van der Waals surface area contributed by atoms with E-state index in [0.717, 1.165) is 15.6 Å². The lowest BCUT2D eigenvalue weighted by atomic mass is 9.90.